The Morgan fingerprint density at radius 1 is 1.32 bits per heavy atom. The summed E-state index contributed by atoms with van der Waals surface area (Å²) in [5.74, 6) is 2.46. The highest BCUT2D eigenvalue weighted by Gasteiger charge is 2.24. The molecule has 0 amide bonds. The third-order valence-corrected chi connectivity index (χ3v) is 4.77. The zero-order valence-electron chi connectivity index (χ0n) is 12.6. The number of halogens is 1. The third kappa shape index (κ3) is 3.16. The second-order valence-corrected chi connectivity index (χ2v) is 6.39. The van der Waals surface area contributed by atoms with Crippen LogP contribution in [0.4, 0.5) is 17.6 Å². The van der Waals surface area contributed by atoms with E-state index in [1.165, 1.54) is 16.5 Å². The molecule has 0 radical (unpaired) electrons. The summed E-state index contributed by atoms with van der Waals surface area (Å²) in [5, 5.41) is 2.96. The molecular weight excluding hydrogens is 342 g/mol. The van der Waals surface area contributed by atoms with E-state index in [1.54, 1.807) is 7.05 Å². The Labute approximate surface area is 139 Å². The molecule has 1 unspecified atom stereocenters. The second kappa shape index (κ2) is 6.52. The minimum atomic E-state index is 0.498. The summed E-state index contributed by atoms with van der Waals surface area (Å²) in [6, 6.07) is 10.3. The highest BCUT2D eigenvalue weighted by Crippen LogP contribution is 2.33. The summed E-state index contributed by atoms with van der Waals surface area (Å²) in [6.07, 6.45) is 2.34. The molecule has 1 aromatic heterocycles. The number of nitrogens with two attached hydrogens (primary N) is 1. The maximum atomic E-state index is 5.89. The molecule has 0 spiro atoms. The predicted molar refractivity (Wildman–Crippen MR) is 94.3 cm³/mol. The number of aromatic nitrogens is 2. The standard InChI is InChI=1S/C16H20BrN5/c1-19-16-20-14(18)9-15(21-16)22-8-4-5-11(10-22)12-6-2-3-7-13(12)17/h2-3,6-7,9,11H,4-5,8,10H2,1H3,(H3,18,19,20,21). The van der Waals surface area contributed by atoms with Crippen LogP contribution in [0.2, 0.25) is 0 Å². The first-order chi connectivity index (χ1) is 10.7. The first-order valence-electron chi connectivity index (χ1n) is 7.49. The molecule has 1 atom stereocenters. The zero-order chi connectivity index (χ0) is 15.5. The molecule has 3 N–H and O–H groups in total. The van der Waals surface area contributed by atoms with Gasteiger partial charge in [0, 0.05) is 36.6 Å². The van der Waals surface area contributed by atoms with E-state index in [1.807, 2.05) is 6.07 Å². The van der Waals surface area contributed by atoms with Crippen molar-refractivity contribution in [1.29, 1.82) is 0 Å². The van der Waals surface area contributed by atoms with Crippen molar-refractivity contribution in [3.63, 3.8) is 0 Å². The minimum absolute atomic E-state index is 0.498. The van der Waals surface area contributed by atoms with Crippen LogP contribution < -0.4 is 16.0 Å². The second-order valence-electron chi connectivity index (χ2n) is 5.53. The van der Waals surface area contributed by atoms with Gasteiger partial charge in [0.1, 0.15) is 11.6 Å². The van der Waals surface area contributed by atoms with Gasteiger partial charge in [-0.1, -0.05) is 34.1 Å². The fourth-order valence-electron chi connectivity index (χ4n) is 2.97. The molecule has 1 aliphatic heterocycles. The van der Waals surface area contributed by atoms with Gasteiger partial charge < -0.3 is 16.0 Å². The van der Waals surface area contributed by atoms with Crippen LogP contribution in [0.25, 0.3) is 0 Å². The lowest BCUT2D eigenvalue weighted by atomic mass is 9.90. The van der Waals surface area contributed by atoms with E-state index in [4.69, 9.17) is 5.73 Å². The number of hydrogen-bond donors (Lipinski definition) is 2. The molecule has 1 aromatic carbocycles. The molecule has 2 aromatic rings. The van der Waals surface area contributed by atoms with Crippen molar-refractivity contribution in [2.45, 2.75) is 18.8 Å². The van der Waals surface area contributed by atoms with Crippen molar-refractivity contribution in [1.82, 2.24) is 9.97 Å². The number of nitrogen functional groups attached to an aromatic ring is 1. The van der Waals surface area contributed by atoms with Crippen LogP contribution in [0.5, 0.6) is 0 Å². The molecule has 0 bridgehead atoms. The fourth-order valence-corrected chi connectivity index (χ4v) is 3.58. The van der Waals surface area contributed by atoms with E-state index < -0.39 is 0 Å². The maximum Gasteiger partial charge on any atom is 0.226 e. The summed E-state index contributed by atoms with van der Waals surface area (Å²) in [4.78, 5) is 11.0. The largest absolute Gasteiger partial charge is 0.383 e. The van der Waals surface area contributed by atoms with Crippen molar-refractivity contribution >= 4 is 33.5 Å². The van der Waals surface area contributed by atoms with Crippen LogP contribution in [-0.2, 0) is 0 Å². The Balaban J connectivity index is 1.84. The average molecular weight is 362 g/mol. The molecule has 3 rings (SSSR count). The monoisotopic (exact) mass is 361 g/mol. The SMILES string of the molecule is CNc1nc(N)cc(N2CCCC(c3ccccc3Br)C2)n1. The van der Waals surface area contributed by atoms with Crippen LogP contribution in [-0.4, -0.2) is 30.1 Å². The average Bonchev–Trinajstić information content (AvgIpc) is 2.55. The van der Waals surface area contributed by atoms with Crippen molar-refractivity contribution in [2.24, 2.45) is 0 Å². The van der Waals surface area contributed by atoms with Gasteiger partial charge >= 0.3 is 0 Å². The van der Waals surface area contributed by atoms with Gasteiger partial charge in [0.2, 0.25) is 5.95 Å². The van der Waals surface area contributed by atoms with E-state index >= 15 is 0 Å². The van der Waals surface area contributed by atoms with Gasteiger partial charge in [-0.15, -0.1) is 0 Å². The van der Waals surface area contributed by atoms with Crippen LogP contribution in [0.15, 0.2) is 34.8 Å². The Bertz CT molecular complexity index is 661. The van der Waals surface area contributed by atoms with Gasteiger partial charge in [0.05, 0.1) is 0 Å². The van der Waals surface area contributed by atoms with Gasteiger partial charge in [0.15, 0.2) is 0 Å². The van der Waals surface area contributed by atoms with Crippen molar-refractivity contribution < 1.29 is 0 Å². The molecule has 2 heterocycles. The Hall–Kier alpha value is -1.82. The molecule has 1 saturated heterocycles. The Morgan fingerprint density at radius 3 is 2.91 bits per heavy atom. The molecule has 6 heteroatoms. The van der Waals surface area contributed by atoms with E-state index in [-0.39, 0.29) is 0 Å². The first kappa shape index (κ1) is 15.1. The molecule has 0 aliphatic carbocycles. The van der Waals surface area contributed by atoms with Crippen LogP contribution in [0.3, 0.4) is 0 Å². The van der Waals surface area contributed by atoms with Gasteiger partial charge in [-0.25, -0.2) is 0 Å². The lowest BCUT2D eigenvalue weighted by Crippen LogP contribution is -2.35. The fraction of sp³-hybridized carbons (Fsp3) is 0.375. The molecule has 1 aliphatic rings. The number of nitrogens with zero attached hydrogens (tertiary/aromatic N) is 3. The predicted octanol–water partition coefficient (Wildman–Crippen LogP) is 3.25. The van der Waals surface area contributed by atoms with E-state index in [2.05, 4.69) is 60.4 Å². The Morgan fingerprint density at radius 2 is 2.14 bits per heavy atom. The number of nitrogens with one attached hydrogen (secondary N) is 1. The van der Waals surface area contributed by atoms with Gasteiger partial charge in [-0.05, 0) is 24.5 Å². The highest BCUT2D eigenvalue weighted by atomic mass is 79.9. The summed E-state index contributed by atoms with van der Waals surface area (Å²) in [7, 11) is 1.80. The van der Waals surface area contributed by atoms with Gasteiger partial charge in [-0.2, -0.15) is 9.97 Å². The maximum absolute atomic E-state index is 5.89. The molecule has 22 heavy (non-hydrogen) atoms. The van der Waals surface area contributed by atoms with Crippen LogP contribution in [0.1, 0.15) is 24.3 Å². The van der Waals surface area contributed by atoms with Crippen LogP contribution >= 0.6 is 15.9 Å². The number of benzene rings is 1. The quantitative estimate of drug-likeness (QED) is 0.878. The van der Waals surface area contributed by atoms with E-state index in [0.717, 1.165) is 25.3 Å². The van der Waals surface area contributed by atoms with E-state index in [0.29, 0.717) is 17.7 Å². The molecule has 116 valence electrons. The molecule has 1 fully saturated rings. The highest BCUT2D eigenvalue weighted by molar-refractivity contribution is 9.10. The molecule has 5 nitrogen and oxygen atoms in total. The Kier molecular flexibility index (Phi) is 4.47. The topological polar surface area (TPSA) is 67.1 Å². The summed E-state index contributed by atoms with van der Waals surface area (Å²) < 4.78 is 1.18. The van der Waals surface area contributed by atoms with Crippen molar-refractivity contribution in [2.75, 3.05) is 36.1 Å². The summed E-state index contributed by atoms with van der Waals surface area (Å²) in [6.45, 7) is 1.95. The molecular formula is C16H20BrN5. The zero-order valence-corrected chi connectivity index (χ0v) is 14.2. The van der Waals surface area contributed by atoms with Crippen LogP contribution in [0, 0.1) is 0 Å². The van der Waals surface area contributed by atoms with Crippen molar-refractivity contribution in [3.05, 3.63) is 40.4 Å². The smallest absolute Gasteiger partial charge is 0.226 e. The first-order valence-corrected chi connectivity index (χ1v) is 8.28. The lowest BCUT2D eigenvalue weighted by molar-refractivity contribution is 0.506. The minimum Gasteiger partial charge on any atom is -0.383 e. The normalized spacial score (nSPS) is 18.3. The number of anilines is 3. The number of piperidine rings is 1. The van der Waals surface area contributed by atoms with Crippen molar-refractivity contribution in [3.8, 4) is 0 Å². The molecule has 0 saturated carbocycles. The van der Waals surface area contributed by atoms with Gasteiger partial charge in [-0.3, -0.25) is 0 Å². The summed E-state index contributed by atoms with van der Waals surface area (Å²) in [5.41, 5.74) is 7.25. The number of hydrogen-bond acceptors (Lipinski definition) is 5. The third-order valence-electron chi connectivity index (χ3n) is 4.05. The van der Waals surface area contributed by atoms with E-state index in [9.17, 15) is 0 Å². The number of rotatable bonds is 3. The van der Waals surface area contributed by atoms with Gasteiger partial charge in [0.25, 0.3) is 0 Å². The lowest BCUT2D eigenvalue weighted by Gasteiger charge is -2.34. The summed E-state index contributed by atoms with van der Waals surface area (Å²) >= 11 is 3.67.